The third kappa shape index (κ3) is 4.99. The van der Waals surface area contributed by atoms with Crippen molar-refractivity contribution in [2.24, 2.45) is 0 Å². The van der Waals surface area contributed by atoms with E-state index in [1.165, 1.54) is 0 Å². The first-order valence-electron chi connectivity index (χ1n) is 10.9. The number of fused-ring (bicyclic) bond motifs is 1. The van der Waals surface area contributed by atoms with Crippen molar-refractivity contribution in [3.63, 3.8) is 0 Å². The second-order valence-electron chi connectivity index (χ2n) is 7.70. The van der Waals surface area contributed by atoms with Gasteiger partial charge >= 0.3 is 0 Å². The van der Waals surface area contributed by atoms with E-state index in [0.29, 0.717) is 6.42 Å². The Bertz CT molecular complexity index is 1400. The van der Waals surface area contributed by atoms with E-state index in [1.807, 2.05) is 43.0 Å². The highest BCUT2D eigenvalue weighted by molar-refractivity contribution is 7.13. The molecule has 0 amide bonds. The van der Waals surface area contributed by atoms with Crippen molar-refractivity contribution < 1.29 is 0 Å². The standard InChI is InChI=1S/C25H24N6S.C2H2/c1-2-27-11-16-8-19(13-28-12-16)17-5-6-21(26)18(9-17)10-24-30-22-15-29-14-20(25(22)31-24)23-4-3-7-32-23;1-2/h3-9,12-15,27H,2,10-11,26H2,1H3,(H,30,31);1-2H. The van der Waals surface area contributed by atoms with E-state index >= 15 is 0 Å². The monoisotopic (exact) mass is 466 g/mol. The number of nitrogens with one attached hydrogen (secondary N) is 2. The van der Waals surface area contributed by atoms with Crippen LogP contribution in [0.25, 0.3) is 32.6 Å². The number of benzene rings is 1. The van der Waals surface area contributed by atoms with Gasteiger partial charge in [0.25, 0.3) is 0 Å². The number of aromatic amines is 1. The van der Waals surface area contributed by atoms with Crippen molar-refractivity contribution in [1.82, 2.24) is 25.3 Å². The molecule has 0 saturated carbocycles. The average molecular weight is 467 g/mol. The topological polar surface area (TPSA) is 92.5 Å². The van der Waals surface area contributed by atoms with Gasteiger partial charge in [-0.1, -0.05) is 19.1 Å². The summed E-state index contributed by atoms with van der Waals surface area (Å²) in [5.74, 6) is 0.869. The van der Waals surface area contributed by atoms with Gasteiger partial charge < -0.3 is 16.0 Å². The van der Waals surface area contributed by atoms with Crippen LogP contribution < -0.4 is 11.1 Å². The zero-order chi connectivity index (χ0) is 23.9. The van der Waals surface area contributed by atoms with Gasteiger partial charge in [-0.05, 0) is 52.9 Å². The van der Waals surface area contributed by atoms with Crippen LogP contribution in [0.4, 0.5) is 5.69 Å². The van der Waals surface area contributed by atoms with Crippen LogP contribution >= 0.6 is 11.3 Å². The highest BCUT2D eigenvalue weighted by Crippen LogP contribution is 2.31. The average Bonchev–Trinajstić information content (AvgIpc) is 3.55. The third-order valence-electron chi connectivity index (χ3n) is 5.44. The Kier molecular flexibility index (Phi) is 7.33. The SMILES string of the molecule is C#C.CCNCc1cncc(-c2ccc(N)c(Cc3nc4c(-c5cccs5)cncc4[nH]3)c2)c1. The summed E-state index contributed by atoms with van der Waals surface area (Å²) in [5.41, 5.74) is 14.4. The fourth-order valence-corrected chi connectivity index (χ4v) is 4.55. The number of rotatable bonds is 7. The fraction of sp³-hybridized carbons (Fsp3) is 0.148. The van der Waals surface area contributed by atoms with Crippen LogP contribution in [0.2, 0.25) is 0 Å². The lowest BCUT2D eigenvalue weighted by Crippen LogP contribution is -2.11. The summed E-state index contributed by atoms with van der Waals surface area (Å²) in [6.45, 7) is 3.83. The minimum atomic E-state index is 0.614. The number of aromatic nitrogens is 4. The highest BCUT2D eigenvalue weighted by atomic mass is 32.1. The number of hydrogen-bond acceptors (Lipinski definition) is 6. The van der Waals surface area contributed by atoms with Crippen LogP contribution in [0.1, 0.15) is 23.9 Å². The van der Waals surface area contributed by atoms with E-state index in [2.05, 4.69) is 63.6 Å². The third-order valence-corrected chi connectivity index (χ3v) is 6.34. The van der Waals surface area contributed by atoms with Crippen LogP contribution in [0.5, 0.6) is 0 Å². The van der Waals surface area contributed by atoms with Crippen LogP contribution in [0, 0.1) is 12.8 Å². The summed E-state index contributed by atoms with van der Waals surface area (Å²) in [6, 6.07) is 12.4. The Hall–Kier alpha value is -3.99. The number of hydrogen-bond donors (Lipinski definition) is 3. The molecular formula is C27H26N6S. The van der Waals surface area contributed by atoms with E-state index < -0.39 is 0 Å². The molecular weight excluding hydrogens is 440 g/mol. The molecule has 5 rings (SSSR count). The molecule has 4 heterocycles. The summed E-state index contributed by atoms with van der Waals surface area (Å²) >= 11 is 1.69. The summed E-state index contributed by atoms with van der Waals surface area (Å²) in [6.07, 6.45) is 16.1. The van der Waals surface area contributed by atoms with Crippen LogP contribution in [0.3, 0.4) is 0 Å². The molecule has 0 bridgehead atoms. The van der Waals surface area contributed by atoms with Crippen molar-refractivity contribution in [3.05, 3.63) is 83.5 Å². The Morgan fingerprint density at radius 3 is 2.68 bits per heavy atom. The number of terminal acetylenes is 1. The molecule has 0 aliphatic rings. The summed E-state index contributed by atoms with van der Waals surface area (Å²) in [5, 5.41) is 5.41. The Morgan fingerprint density at radius 1 is 1.03 bits per heavy atom. The lowest BCUT2D eigenvalue weighted by molar-refractivity contribution is 0.724. The molecule has 1 aromatic carbocycles. The number of anilines is 1. The van der Waals surface area contributed by atoms with Gasteiger partial charge in [-0.25, -0.2) is 4.98 Å². The van der Waals surface area contributed by atoms with Gasteiger partial charge in [0, 0.05) is 53.2 Å². The molecule has 170 valence electrons. The number of thiophene rings is 1. The van der Waals surface area contributed by atoms with Crippen molar-refractivity contribution in [3.8, 4) is 34.4 Å². The molecule has 0 saturated heterocycles. The zero-order valence-electron chi connectivity index (χ0n) is 19.0. The highest BCUT2D eigenvalue weighted by Gasteiger charge is 2.13. The number of imidazole rings is 1. The number of pyridine rings is 2. The molecule has 34 heavy (non-hydrogen) atoms. The fourth-order valence-electron chi connectivity index (χ4n) is 3.81. The minimum Gasteiger partial charge on any atom is -0.398 e. The zero-order valence-corrected chi connectivity index (χ0v) is 19.8. The van der Waals surface area contributed by atoms with Crippen LogP contribution in [-0.4, -0.2) is 26.5 Å². The maximum Gasteiger partial charge on any atom is 0.111 e. The molecule has 0 aliphatic carbocycles. The minimum absolute atomic E-state index is 0.614. The predicted molar refractivity (Wildman–Crippen MR) is 141 cm³/mol. The molecule has 0 unspecified atom stereocenters. The van der Waals surface area contributed by atoms with Gasteiger partial charge in [-0.15, -0.1) is 24.2 Å². The second-order valence-corrected chi connectivity index (χ2v) is 8.64. The number of nitrogens with two attached hydrogens (primary N) is 1. The van der Waals surface area contributed by atoms with Gasteiger partial charge in [0.15, 0.2) is 0 Å². The number of H-pyrrole nitrogens is 1. The molecule has 0 atom stereocenters. The summed E-state index contributed by atoms with van der Waals surface area (Å²) < 4.78 is 0. The molecule has 6 nitrogen and oxygen atoms in total. The molecule has 7 heteroatoms. The van der Waals surface area contributed by atoms with Crippen molar-refractivity contribution in [1.29, 1.82) is 0 Å². The molecule has 0 fully saturated rings. The van der Waals surface area contributed by atoms with Crippen molar-refractivity contribution in [2.45, 2.75) is 19.9 Å². The predicted octanol–water partition coefficient (Wildman–Crippen LogP) is 5.28. The van der Waals surface area contributed by atoms with Crippen molar-refractivity contribution in [2.75, 3.05) is 12.3 Å². The maximum atomic E-state index is 6.33. The first-order chi connectivity index (χ1) is 16.7. The van der Waals surface area contributed by atoms with Gasteiger partial charge in [-0.3, -0.25) is 9.97 Å². The van der Waals surface area contributed by atoms with E-state index in [-0.39, 0.29) is 0 Å². The van der Waals surface area contributed by atoms with Gasteiger partial charge in [0.1, 0.15) is 11.3 Å². The van der Waals surface area contributed by atoms with Crippen molar-refractivity contribution >= 4 is 28.1 Å². The number of nitrogens with zero attached hydrogens (tertiary/aromatic N) is 3. The molecule has 4 N–H and O–H groups in total. The molecule has 0 radical (unpaired) electrons. The molecule has 4 aromatic heterocycles. The van der Waals surface area contributed by atoms with E-state index in [0.717, 1.165) is 68.3 Å². The largest absolute Gasteiger partial charge is 0.398 e. The summed E-state index contributed by atoms with van der Waals surface area (Å²) in [4.78, 5) is 18.3. The van der Waals surface area contributed by atoms with E-state index in [1.54, 1.807) is 11.3 Å². The lowest BCUT2D eigenvalue weighted by Gasteiger charge is -2.09. The van der Waals surface area contributed by atoms with E-state index in [9.17, 15) is 0 Å². The lowest BCUT2D eigenvalue weighted by atomic mass is 10.0. The van der Waals surface area contributed by atoms with Crippen LogP contribution in [-0.2, 0) is 13.0 Å². The maximum absolute atomic E-state index is 6.33. The van der Waals surface area contributed by atoms with E-state index in [4.69, 9.17) is 10.7 Å². The summed E-state index contributed by atoms with van der Waals surface area (Å²) in [7, 11) is 0. The second kappa shape index (κ2) is 10.8. The molecule has 5 aromatic rings. The Morgan fingerprint density at radius 2 is 1.88 bits per heavy atom. The molecule has 0 aliphatic heterocycles. The first-order valence-corrected chi connectivity index (χ1v) is 11.8. The Balaban J connectivity index is 0.00000133. The van der Waals surface area contributed by atoms with Gasteiger partial charge in [0.05, 0.1) is 11.7 Å². The van der Waals surface area contributed by atoms with Crippen LogP contribution in [0.15, 0.2) is 66.6 Å². The molecule has 0 spiro atoms. The quantitative estimate of drug-likeness (QED) is 0.224. The number of nitrogen functional groups attached to an aromatic ring is 1. The Labute approximate surface area is 203 Å². The van der Waals surface area contributed by atoms with Gasteiger partial charge in [0.2, 0.25) is 0 Å². The smallest absolute Gasteiger partial charge is 0.111 e. The normalized spacial score (nSPS) is 10.7. The first kappa shape index (κ1) is 23.2. The van der Waals surface area contributed by atoms with Gasteiger partial charge in [-0.2, -0.15) is 0 Å².